The van der Waals surface area contributed by atoms with Gasteiger partial charge in [-0.1, -0.05) is 48.1 Å². The zero-order valence-electron chi connectivity index (χ0n) is 7.25. The highest BCUT2D eigenvalue weighted by Crippen LogP contribution is 1.91. The summed E-state index contributed by atoms with van der Waals surface area (Å²) in [6, 6.07) is 6.57. The van der Waals surface area contributed by atoms with Crippen molar-refractivity contribution in [2.75, 3.05) is 0 Å². The van der Waals surface area contributed by atoms with Crippen molar-refractivity contribution in [2.24, 2.45) is 0 Å². The third-order valence-corrected chi connectivity index (χ3v) is 2.13. The predicted molar refractivity (Wildman–Crippen MR) is 53.1 cm³/mol. The summed E-state index contributed by atoms with van der Waals surface area (Å²) < 4.78 is 0. The summed E-state index contributed by atoms with van der Waals surface area (Å²) in [5.41, 5.74) is 1.33. The Morgan fingerprint density at radius 1 is 1.17 bits per heavy atom. The van der Waals surface area contributed by atoms with Crippen molar-refractivity contribution in [1.29, 1.82) is 0 Å². The standard InChI is InChI=1S/C12H12/c1-10-7-8-11-5-3-2-4-6-12(11)9-10/h2-3,5-9H,4H2,1H3. The smallest absolute Gasteiger partial charge is 0.0157 e. The van der Waals surface area contributed by atoms with Crippen molar-refractivity contribution >= 4 is 12.2 Å². The van der Waals surface area contributed by atoms with E-state index in [4.69, 9.17) is 0 Å². The second-order valence-electron chi connectivity index (χ2n) is 3.17. The molecule has 0 aliphatic heterocycles. The SMILES string of the molecule is Cc1ccc2c(c1)=CCC=CC=2. The fourth-order valence-corrected chi connectivity index (χ4v) is 1.47. The minimum atomic E-state index is 1.05. The Balaban J connectivity index is 2.78. The van der Waals surface area contributed by atoms with Gasteiger partial charge in [0.15, 0.2) is 0 Å². The number of fused-ring (bicyclic) bond motifs is 1. The molecule has 0 nitrogen and oxygen atoms in total. The average Bonchev–Trinajstić information content (AvgIpc) is 2.28. The van der Waals surface area contributed by atoms with Crippen LogP contribution in [0.15, 0.2) is 30.4 Å². The zero-order chi connectivity index (χ0) is 8.39. The summed E-state index contributed by atoms with van der Waals surface area (Å²) in [6.07, 6.45) is 9.78. The van der Waals surface area contributed by atoms with E-state index in [0.717, 1.165) is 6.42 Å². The van der Waals surface area contributed by atoms with Gasteiger partial charge in [-0.2, -0.15) is 0 Å². The van der Waals surface area contributed by atoms with Crippen LogP contribution in [0.3, 0.4) is 0 Å². The maximum atomic E-state index is 2.27. The van der Waals surface area contributed by atoms with Gasteiger partial charge in [-0.15, -0.1) is 0 Å². The van der Waals surface area contributed by atoms with Crippen LogP contribution in [-0.4, -0.2) is 0 Å². The molecule has 0 unspecified atom stereocenters. The minimum absolute atomic E-state index is 1.05. The quantitative estimate of drug-likeness (QED) is 0.534. The molecule has 0 N–H and O–H groups in total. The molecule has 0 saturated carbocycles. The van der Waals surface area contributed by atoms with Crippen LogP contribution < -0.4 is 10.4 Å². The second-order valence-corrected chi connectivity index (χ2v) is 3.17. The first-order chi connectivity index (χ1) is 5.86. The lowest BCUT2D eigenvalue weighted by molar-refractivity contribution is 1.38. The monoisotopic (exact) mass is 156 g/mol. The summed E-state index contributed by atoms with van der Waals surface area (Å²) in [6.45, 7) is 2.13. The van der Waals surface area contributed by atoms with E-state index in [2.05, 4.69) is 49.4 Å². The van der Waals surface area contributed by atoms with Gasteiger partial charge in [-0.25, -0.2) is 0 Å². The fourth-order valence-electron chi connectivity index (χ4n) is 1.47. The Morgan fingerprint density at radius 2 is 2.08 bits per heavy atom. The molecule has 1 aromatic carbocycles. The molecule has 0 spiro atoms. The topological polar surface area (TPSA) is 0 Å². The lowest BCUT2D eigenvalue weighted by atomic mass is 10.1. The fraction of sp³-hybridized carbons (Fsp3) is 0.167. The van der Waals surface area contributed by atoms with Crippen LogP contribution in [0.25, 0.3) is 12.2 Å². The van der Waals surface area contributed by atoms with Gasteiger partial charge < -0.3 is 0 Å². The number of rotatable bonds is 0. The van der Waals surface area contributed by atoms with Gasteiger partial charge in [0, 0.05) is 0 Å². The molecular formula is C12H12. The number of hydrogen-bond donors (Lipinski definition) is 0. The number of benzene rings is 1. The van der Waals surface area contributed by atoms with E-state index in [-0.39, 0.29) is 0 Å². The highest BCUT2D eigenvalue weighted by atomic mass is 13.9. The molecule has 2 rings (SSSR count). The van der Waals surface area contributed by atoms with Crippen molar-refractivity contribution in [3.8, 4) is 0 Å². The summed E-state index contributed by atoms with van der Waals surface area (Å²) in [7, 11) is 0. The van der Waals surface area contributed by atoms with Gasteiger partial charge in [0.05, 0.1) is 0 Å². The van der Waals surface area contributed by atoms with Crippen molar-refractivity contribution in [1.82, 2.24) is 0 Å². The van der Waals surface area contributed by atoms with E-state index in [9.17, 15) is 0 Å². The lowest BCUT2D eigenvalue weighted by Gasteiger charge is -1.91. The van der Waals surface area contributed by atoms with Crippen LogP contribution in [0.1, 0.15) is 12.0 Å². The summed E-state index contributed by atoms with van der Waals surface area (Å²) in [5.74, 6) is 0. The Bertz CT molecular complexity index is 422. The van der Waals surface area contributed by atoms with Gasteiger partial charge in [-0.3, -0.25) is 0 Å². The Morgan fingerprint density at radius 3 is 3.00 bits per heavy atom. The van der Waals surface area contributed by atoms with E-state index in [0.29, 0.717) is 0 Å². The molecule has 0 heteroatoms. The summed E-state index contributed by atoms with van der Waals surface area (Å²) in [4.78, 5) is 0. The van der Waals surface area contributed by atoms with E-state index < -0.39 is 0 Å². The summed E-state index contributed by atoms with van der Waals surface area (Å²) in [5, 5.41) is 2.69. The first kappa shape index (κ1) is 7.35. The summed E-state index contributed by atoms with van der Waals surface area (Å²) >= 11 is 0. The molecule has 1 aliphatic carbocycles. The van der Waals surface area contributed by atoms with Gasteiger partial charge in [0.2, 0.25) is 0 Å². The van der Waals surface area contributed by atoms with Crippen LogP contribution in [0, 0.1) is 6.92 Å². The average molecular weight is 156 g/mol. The Labute approximate surface area is 72.5 Å². The third kappa shape index (κ3) is 1.33. The van der Waals surface area contributed by atoms with E-state index in [1.54, 1.807) is 0 Å². The van der Waals surface area contributed by atoms with Crippen molar-refractivity contribution in [3.05, 3.63) is 46.4 Å². The molecule has 1 aromatic rings. The maximum absolute atomic E-state index is 2.27. The highest BCUT2D eigenvalue weighted by Gasteiger charge is 1.88. The highest BCUT2D eigenvalue weighted by molar-refractivity contribution is 5.44. The molecular weight excluding hydrogens is 144 g/mol. The lowest BCUT2D eigenvalue weighted by Crippen LogP contribution is -2.23. The van der Waals surface area contributed by atoms with Crippen LogP contribution in [-0.2, 0) is 0 Å². The van der Waals surface area contributed by atoms with Gasteiger partial charge in [0.25, 0.3) is 0 Å². The molecule has 0 amide bonds. The second kappa shape index (κ2) is 2.98. The molecule has 12 heavy (non-hydrogen) atoms. The van der Waals surface area contributed by atoms with E-state index in [1.165, 1.54) is 16.0 Å². The van der Waals surface area contributed by atoms with E-state index >= 15 is 0 Å². The minimum Gasteiger partial charge on any atom is -0.0807 e. The molecule has 1 aliphatic rings. The first-order valence-corrected chi connectivity index (χ1v) is 4.30. The Kier molecular flexibility index (Phi) is 1.83. The molecule has 0 atom stereocenters. The predicted octanol–water partition coefficient (Wildman–Crippen LogP) is 1.52. The molecule has 0 heterocycles. The maximum Gasteiger partial charge on any atom is -0.0157 e. The normalized spacial score (nSPS) is 14.1. The van der Waals surface area contributed by atoms with Crippen molar-refractivity contribution in [3.63, 3.8) is 0 Å². The van der Waals surface area contributed by atoms with Crippen molar-refractivity contribution in [2.45, 2.75) is 13.3 Å². The third-order valence-electron chi connectivity index (χ3n) is 2.13. The molecule has 60 valence electrons. The number of allylic oxidation sites excluding steroid dienone is 2. The largest absolute Gasteiger partial charge is 0.0807 e. The number of aryl methyl sites for hydroxylation is 1. The van der Waals surface area contributed by atoms with Crippen molar-refractivity contribution < 1.29 is 0 Å². The van der Waals surface area contributed by atoms with E-state index in [1.807, 2.05) is 0 Å². The number of hydrogen-bond acceptors (Lipinski definition) is 0. The van der Waals surface area contributed by atoms with Crippen LogP contribution >= 0.6 is 0 Å². The molecule has 0 aromatic heterocycles. The molecule has 0 fully saturated rings. The molecule has 0 radical (unpaired) electrons. The van der Waals surface area contributed by atoms with Gasteiger partial charge in [-0.05, 0) is 23.8 Å². The zero-order valence-corrected chi connectivity index (χ0v) is 7.25. The van der Waals surface area contributed by atoms with Gasteiger partial charge in [0.1, 0.15) is 0 Å². The first-order valence-electron chi connectivity index (χ1n) is 4.30. The van der Waals surface area contributed by atoms with Crippen LogP contribution in [0.5, 0.6) is 0 Å². The van der Waals surface area contributed by atoms with Crippen LogP contribution in [0.2, 0.25) is 0 Å². The Hall–Kier alpha value is -1.30. The molecule has 0 bridgehead atoms. The van der Waals surface area contributed by atoms with Crippen LogP contribution in [0.4, 0.5) is 0 Å². The van der Waals surface area contributed by atoms with Gasteiger partial charge >= 0.3 is 0 Å². The molecule has 0 saturated heterocycles.